The van der Waals surface area contributed by atoms with E-state index in [4.69, 9.17) is 10.5 Å². The number of nitrogens with zero attached hydrogens (tertiary/aromatic N) is 2. The van der Waals surface area contributed by atoms with E-state index >= 15 is 0 Å². The summed E-state index contributed by atoms with van der Waals surface area (Å²) in [5.41, 5.74) is 5.31. The average Bonchev–Trinajstić information content (AvgIpc) is 2.22. The van der Waals surface area contributed by atoms with Gasteiger partial charge in [0.1, 0.15) is 5.82 Å². The number of rotatable bonds is 4. The summed E-state index contributed by atoms with van der Waals surface area (Å²) in [6.45, 7) is 0.0965. The van der Waals surface area contributed by atoms with Gasteiger partial charge in [0.2, 0.25) is 11.8 Å². The van der Waals surface area contributed by atoms with Crippen molar-refractivity contribution in [3.63, 3.8) is 0 Å². The third-order valence-corrected chi connectivity index (χ3v) is 2.94. The van der Waals surface area contributed by atoms with E-state index in [0.29, 0.717) is 11.7 Å². The fourth-order valence-corrected chi connectivity index (χ4v) is 1.81. The van der Waals surface area contributed by atoms with Crippen molar-refractivity contribution in [1.29, 1.82) is 0 Å². The van der Waals surface area contributed by atoms with Crippen LogP contribution in [0.15, 0.2) is 6.07 Å². The molecule has 1 saturated carbocycles. The molecule has 16 heavy (non-hydrogen) atoms. The molecule has 1 aliphatic carbocycles. The fraction of sp³-hybridized carbons (Fsp3) is 0.600. The molecule has 0 atom stereocenters. The number of methoxy groups -OCH3 is 1. The Bertz CT molecular complexity index is 374. The van der Waals surface area contributed by atoms with Crippen LogP contribution in [0.1, 0.15) is 19.3 Å². The molecule has 0 aromatic carbocycles. The highest BCUT2D eigenvalue weighted by molar-refractivity contribution is 5.45. The lowest BCUT2D eigenvalue weighted by Crippen LogP contribution is -2.48. The number of aliphatic hydroxyl groups is 1. The fourth-order valence-electron chi connectivity index (χ4n) is 1.81. The maximum absolute atomic E-state index is 9.33. The van der Waals surface area contributed by atoms with Gasteiger partial charge in [0.15, 0.2) is 0 Å². The van der Waals surface area contributed by atoms with Crippen LogP contribution in [0.25, 0.3) is 0 Å². The van der Waals surface area contributed by atoms with Gasteiger partial charge in [0, 0.05) is 6.07 Å². The van der Waals surface area contributed by atoms with Crippen LogP contribution in [0.5, 0.6) is 5.88 Å². The maximum Gasteiger partial charge on any atom is 0.225 e. The highest BCUT2D eigenvalue weighted by Crippen LogP contribution is 2.34. The molecule has 1 aromatic heterocycles. The highest BCUT2D eigenvalue weighted by atomic mass is 16.5. The van der Waals surface area contributed by atoms with Gasteiger partial charge >= 0.3 is 0 Å². The second-order valence-electron chi connectivity index (χ2n) is 4.07. The smallest absolute Gasteiger partial charge is 0.225 e. The number of hydrogen-bond acceptors (Lipinski definition) is 6. The van der Waals surface area contributed by atoms with Crippen molar-refractivity contribution in [2.45, 2.75) is 24.8 Å². The molecular formula is C10H16N4O2. The monoisotopic (exact) mass is 224 g/mol. The minimum Gasteiger partial charge on any atom is -0.481 e. The number of aromatic nitrogens is 2. The summed E-state index contributed by atoms with van der Waals surface area (Å²) in [6, 6.07) is 1.67. The van der Waals surface area contributed by atoms with Gasteiger partial charge in [-0.25, -0.2) is 0 Å². The zero-order valence-electron chi connectivity index (χ0n) is 9.23. The molecule has 0 aliphatic heterocycles. The molecule has 88 valence electrons. The van der Waals surface area contributed by atoms with Crippen LogP contribution in [0.4, 0.5) is 11.8 Å². The standard InChI is InChI=1S/C10H16N4O2/c1-16-8-5-7(12-9(11)13-8)14-10(6-15)3-2-4-10/h5,15H,2-4,6H2,1H3,(H3,11,12,13,14). The number of nitrogens with two attached hydrogens (primary N) is 1. The van der Waals surface area contributed by atoms with E-state index in [2.05, 4.69) is 15.3 Å². The Morgan fingerprint density at radius 2 is 2.31 bits per heavy atom. The summed E-state index contributed by atoms with van der Waals surface area (Å²) < 4.78 is 5.00. The van der Waals surface area contributed by atoms with E-state index in [9.17, 15) is 5.11 Å². The largest absolute Gasteiger partial charge is 0.481 e. The molecule has 1 fully saturated rings. The van der Waals surface area contributed by atoms with Crippen molar-refractivity contribution in [2.24, 2.45) is 0 Å². The van der Waals surface area contributed by atoms with Gasteiger partial charge in [-0.05, 0) is 19.3 Å². The number of anilines is 2. The number of ether oxygens (including phenoxy) is 1. The lowest BCUT2D eigenvalue weighted by atomic mass is 9.77. The van der Waals surface area contributed by atoms with Crippen LogP contribution >= 0.6 is 0 Å². The predicted molar refractivity (Wildman–Crippen MR) is 60.3 cm³/mol. The summed E-state index contributed by atoms with van der Waals surface area (Å²) in [7, 11) is 1.52. The molecule has 0 saturated heterocycles. The van der Waals surface area contributed by atoms with Crippen LogP contribution in [-0.2, 0) is 0 Å². The van der Waals surface area contributed by atoms with Crippen molar-refractivity contribution in [3.05, 3.63) is 6.07 Å². The average molecular weight is 224 g/mol. The molecule has 0 amide bonds. The summed E-state index contributed by atoms with van der Waals surface area (Å²) >= 11 is 0. The maximum atomic E-state index is 9.33. The zero-order valence-corrected chi connectivity index (χ0v) is 9.23. The Kier molecular flexibility index (Phi) is 2.82. The van der Waals surface area contributed by atoms with Crippen molar-refractivity contribution in [1.82, 2.24) is 9.97 Å². The summed E-state index contributed by atoms with van der Waals surface area (Å²) in [5.74, 6) is 1.18. The van der Waals surface area contributed by atoms with Crippen LogP contribution in [0.2, 0.25) is 0 Å². The first-order valence-corrected chi connectivity index (χ1v) is 5.25. The molecule has 1 aliphatic rings. The molecule has 6 nitrogen and oxygen atoms in total. The first kappa shape index (κ1) is 10.9. The third kappa shape index (κ3) is 2.01. The topological polar surface area (TPSA) is 93.3 Å². The molecule has 6 heteroatoms. The van der Waals surface area contributed by atoms with Gasteiger partial charge in [-0.2, -0.15) is 9.97 Å². The minimum absolute atomic E-state index is 0.0965. The Morgan fingerprint density at radius 1 is 1.56 bits per heavy atom. The van der Waals surface area contributed by atoms with Gasteiger partial charge < -0.3 is 20.9 Å². The second-order valence-corrected chi connectivity index (χ2v) is 4.07. The molecule has 1 heterocycles. The molecule has 4 N–H and O–H groups in total. The van der Waals surface area contributed by atoms with E-state index in [-0.39, 0.29) is 18.1 Å². The van der Waals surface area contributed by atoms with Gasteiger partial charge in [-0.1, -0.05) is 0 Å². The molecule has 0 bridgehead atoms. The normalized spacial score (nSPS) is 17.6. The number of aliphatic hydroxyl groups excluding tert-OH is 1. The molecule has 0 radical (unpaired) electrons. The Labute approximate surface area is 93.9 Å². The van der Waals surface area contributed by atoms with Gasteiger partial charge in [-0.15, -0.1) is 0 Å². The van der Waals surface area contributed by atoms with E-state index in [0.717, 1.165) is 19.3 Å². The van der Waals surface area contributed by atoms with Gasteiger partial charge in [-0.3, -0.25) is 0 Å². The molecule has 2 rings (SSSR count). The predicted octanol–water partition coefficient (Wildman–Crippen LogP) is 0.394. The quantitative estimate of drug-likeness (QED) is 0.685. The second kappa shape index (κ2) is 4.13. The van der Waals surface area contributed by atoms with Crippen LogP contribution in [0.3, 0.4) is 0 Å². The van der Waals surface area contributed by atoms with Crippen molar-refractivity contribution in [2.75, 3.05) is 24.8 Å². The minimum atomic E-state index is -0.244. The van der Waals surface area contributed by atoms with Crippen LogP contribution in [0, 0.1) is 0 Å². The first-order chi connectivity index (χ1) is 7.67. The highest BCUT2D eigenvalue weighted by Gasteiger charge is 2.36. The van der Waals surface area contributed by atoms with Crippen molar-refractivity contribution >= 4 is 11.8 Å². The Hall–Kier alpha value is -1.56. The molecule has 0 unspecified atom stereocenters. The first-order valence-electron chi connectivity index (χ1n) is 5.25. The summed E-state index contributed by atoms with van der Waals surface area (Å²) in [6.07, 6.45) is 3.00. The lowest BCUT2D eigenvalue weighted by Gasteiger charge is -2.41. The van der Waals surface area contributed by atoms with E-state index < -0.39 is 0 Å². The Morgan fingerprint density at radius 3 is 2.81 bits per heavy atom. The SMILES string of the molecule is COc1cc(NC2(CO)CCC2)nc(N)n1. The van der Waals surface area contributed by atoms with Crippen LogP contribution < -0.4 is 15.8 Å². The number of hydrogen-bond donors (Lipinski definition) is 3. The molecule has 0 spiro atoms. The van der Waals surface area contributed by atoms with E-state index in [1.165, 1.54) is 7.11 Å². The Balaban J connectivity index is 2.17. The summed E-state index contributed by atoms with van der Waals surface area (Å²) in [5, 5.41) is 12.5. The number of nitrogens with one attached hydrogen (secondary N) is 1. The van der Waals surface area contributed by atoms with E-state index in [1.807, 2.05) is 0 Å². The summed E-state index contributed by atoms with van der Waals surface area (Å²) in [4.78, 5) is 7.95. The lowest BCUT2D eigenvalue weighted by molar-refractivity contribution is 0.144. The molecular weight excluding hydrogens is 208 g/mol. The number of nitrogen functional groups attached to an aromatic ring is 1. The van der Waals surface area contributed by atoms with E-state index in [1.54, 1.807) is 6.07 Å². The van der Waals surface area contributed by atoms with Crippen LogP contribution in [-0.4, -0.2) is 34.3 Å². The van der Waals surface area contributed by atoms with Crippen molar-refractivity contribution in [3.8, 4) is 5.88 Å². The zero-order chi connectivity index (χ0) is 11.6. The van der Waals surface area contributed by atoms with Crippen molar-refractivity contribution < 1.29 is 9.84 Å². The third-order valence-electron chi connectivity index (χ3n) is 2.94. The van der Waals surface area contributed by atoms with Gasteiger partial charge in [0.25, 0.3) is 0 Å². The van der Waals surface area contributed by atoms with Gasteiger partial charge in [0.05, 0.1) is 19.3 Å². The molecule has 1 aromatic rings.